The lowest BCUT2D eigenvalue weighted by molar-refractivity contribution is 0.383. The summed E-state index contributed by atoms with van der Waals surface area (Å²) in [6.07, 6.45) is 10.6. The molecule has 0 amide bonds. The number of hydrazone groups is 1. The number of anilines is 1. The number of aliphatic imine (C=N–C) groups is 1. The molecular formula is C26H28N6. The van der Waals surface area contributed by atoms with Crippen LogP contribution in [0, 0.1) is 6.92 Å². The molecule has 0 fully saturated rings. The number of hydrogen-bond donors (Lipinski definition) is 0. The van der Waals surface area contributed by atoms with E-state index in [9.17, 15) is 0 Å². The van der Waals surface area contributed by atoms with Crippen molar-refractivity contribution < 1.29 is 0 Å². The Hall–Kier alpha value is -3.80. The standard InChI is InChI=1S/C26H28N6/c1-6-32(23-12-13-24-21(16-23)14-15-31(5)29-24)30-25-9-7-8-19(3)28-26(25)20(4)22-11-10-18(2)27-17-22/h6-8,10-14,16-17H,1,9,15H2,2-5H3/b26-20-,30-25-. The molecule has 2 aromatic rings. The van der Waals surface area contributed by atoms with E-state index in [1.165, 1.54) is 0 Å². The Balaban J connectivity index is 1.79. The van der Waals surface area contributed by atoms with Gasteiger partial charge in [0, 0.05) is 42.5 Å². The van der Waals surface area contributed by atoms with Crippen molar-refractivity contribution in [1.82, 2.24) is 9.99 Å². The summed E-state index contributed by atoms with van der Waals surface area (Å²) in [4.78, 5) is 9.33. The highest BCUT2D eigenvalue weighted by molar-refractivity contribution is 6.11. The monoisotopic (exact) mass is 424 g/mol. The highest BCUT2D eigenvalue weighted by atomic mass is 15.4. The van der Waals surface area contributed by atoms with E-state index >= 15 is 0 Å². The van der Waals surface area contributed by atoms with Crippen molar-refractivity contribution in [2.24, 2.45) is 15.2 Å². The van der Waals surface area contributed by atoms with Gasteiger partial charge in [-0.15, -0.1) is 0 Å². The van der Waals surface area contributed by atoms with E-state index in [1.807, 2.05) is 61.4 Å². The van der Waals surface area contributed by atoms with Crippen molar-refractivity contribution in [1.29, 1.82) is 0 Å². The zero-order chi connectivity index (χ0) is 22.7. The summed E-state index contributed by atoms with van der Waals surface area (Å²) in [6, 6.07) is 10.2. The Labute approximate surface area is 189 Å². The molecule has 0 N–H and O–H groups in total. The lowest BCUT2D eigenvalue weighted by Gasteiger charge is -2.19. The van der Waals surface area contributed by atoms with Crippen LogP contribution in [0.3, 0.4) is 0 Å². The van der Waals surface area contributed by atoms with E-state index in [1.54, 1.807) is 6.20 Å². The molecule has 0 spiro atoms. The second kappa shape index (κ2) is 9.14. The third-order valence-electron chi connectivity index (χ3n) is 5.46. The number of rotatable bonds is 4. The van der Waals surface area contributed by atoms with Crippen LogP contribution >= 0.6 is 0 Å². The van der Waals surface area contributed by atoms with Crippen LogP contribution < -0.4 is 15.6 Å². The van der Waals surface area contributed by atoms with Gasteiger partial charge in [-0.05, 0) is 62.2 Å². The molecular weight excluding hydrogens is 396 g/mol. The van der Waals surface area contributed by atoms with E-state index < -0.39 is 0 Å². The van der Waals surface area contributed by atoms with Crippen LogP contribution in [0.1, 0.15) is 31.5 Å². The number of hydrogen-bond acceptors (Lipinski definition) is 6. The van der Waals surface area contributed by atoms with Gasteiger partial charge in [0.05, 0.1) is 29.0 Å². The molecule has 32 heavy (non-hydrogen) atoms. The van der Waals surface area contributed by atoms with Gasteiger partial charge in [0.1, 0.15) is 0 Å². The van der Waals surface area contributed by atoms with Crippen LogP contribution in [0.2, 0.25) is 0 Å². The predicted molar refractivity (Wildman–Crippen MR) is 133 cm³/mol. The Bertz CT molecular complexity index is 1280. The van der Waals surface area contributed by atoms with Crippen molar-refractivity contribution >= 4 is 28.8 Å². The lowest BCUT2D eigenvalue weighted by atomic mass is 10.0. The summed E-state index contributed by atoms with van der Waals surface area (Å²) >= 11 is 0. The van der Waals surface area contributed by atoms with Gasteiger partial charge < -0.3 is 0 Å². The maximum atomic E-state index is 4.97. The first-order valence-electron chi connectivity index (χ1n) is 10.7. The molecule has 0 aliphatic carbocycles. The molecule has 1 aromatic carbocycles. The lowest BCUT2D eigenvalue weighted by Crippen LogP contribution is -2.34. The first-order chi connectivity index (χ1) is 15.4. The highest BCUT2D eigenvalue weighted by Crippen LogP contribution is 2.24. The maximum absolute atomic E-state index is 4.97. The number of aryl methyl sites for hydroxylation is 1. The van der Waals surface area contributed by atoms with E-state index in [4.69, 9.17) is 10.1 Å². The molecule has 0 radical (unpaired) electrons. The van der Waals surface area contributed by atoms with Crippen molar-refractivity contribution in [3.63, 3.8) is 0 Å². The minimum absolute atomic E-state index is 0.675. The molecule has 1 aromatic heterocycles. The quantitative estimate of drug-likeness (QED) is 0.702. The zero-order valence-corrected chi connectivity index (χ0v) is 19.1. The number of pyridine rings is 1. The Kier molecular flexibility index (Phi) is 6.12. The normalized spacial score (nSPS) is 18.2. The van der Waals surface area contributed by atoms with Crippen LogP contribution in [0.15, 0.2) is 82.4 Å². The average molecular weight is 425 g/mol. The number of benzene rings is 1. The summed E-state index contributed by atoms with van der Waals surface area (Å²) in [5.41, 5.74) is 6.70. The second-order valence-corrected chi connectivity index (χ2v) is 7.98. The van der Waals surface area contributed by atoms with Gasteiger partial charge in [-0.1, -0.05) is 24.8 Å². The van der Waals surface area contributed by atoms with Gasteiger partial charge >= 0.3 is 0 Å². The SMILES string of the molecule is C=CN(/N=C1/CC=CC(C)=N/C1=C(/C)c1ccc(C)nc1)c1ccc2c(c1)=CCN(C)N=2. The fraction of sp³-hybridized carbons (Fsp3) is 0.231. The molecule has 4 rings (SSSR count). The van der Waals surface area contributed by atoms with Crippen molar-refractivity contribution in [2.45, 2.75) is 27.2 Å². The third-order valence-corrected chi connectivity index (χ3v) is 5.46. The molecule has 0 bridgehead atoms. The minimum Gasteiger partial charge on any atom is -0.296 e. The largest absolute Gasteiger partial charge is 0.296 e. The average Bonchev–Trinajstić information content (AvgIpc) is 2.98. The highest BCUT2D eigenvalue weighted by Gasteiger charge is 2.16. The van der Waals surface area contributed by atoms with Gasteiger partial charge in [0.15, 0.2) is 0 Å². The Morgan fingerprint density at radius 2 is 2.06 bits per heavy atom. The van der Waals surface area contributed by atoms with Crippen LogP contribution in [0.4, 0.5) is 5.69 Å². The Morgan fingerprint density at radius 1 is 1.22 bits per heavy atom. The zero-order valence-electron chi connectivity index (χ0n) is 19.1. The van der Waals surface area contributed by atoms with E-state index in [0.29, 0.717) is 6.42 Å². The first-order valence-corrected chi connectivity index (χ1v) is 10.7. The van der Waals surface area contributed by atoms with Gasteiger partial charge in [0.2, 0.25) is 0 Å². The van der Waals surface area contributed by atoms with Gasteiger partial charge in [-0.25, -0.2) is 5.01 Å². The molecule has 6 nitrogen and oxygen atoms in total. The van der Waals surface area contributed by atoms with Gasteiger partial charge in [-0.2, -0.15) is 10.2 Å². The Morgan fingerprint density at radius 3 is 2.81 bits per heavy atom. The number of allylic oxidation sites excluding steroid dienone is 4. The van der Waals surface area contributed by atoms with Crippen molar-refractivity contribution in [3.05, 3.63) is 89.0 Å². The van der Waals surface area contributed by atoms with Gasteiger partial charge in [0.25, 0.3) is 0 Å². The molecule has 0 saturated carbocycles. The van der Waals surface area contributed by atoms with Crippen LogP contribution in [-0.2, 0) is 0 Å². The molecule has 0 saturated heterocycles. The molecule has 162 valence electrons. The molecule has 6 heteroatoms. The fourth-order valence-corrected chi connectivity index (χ4v) is 3.66. The van der Waals surface area contributed by atoms with Crippen molar-refractivity contribution in [3.8, 4) is 0 Å². The summed E-state index contributed by atoms with van der Waals surface area (Å²) in [6.45, 7) is 10.9. The summed E-state index contributed by atoms with van der Waals surface area (Å²) < 4.78 is 0. The number of fused-ring (bicyclic) bond motifs is 1. The van der Waals surface area contributed by atoms with Crippen molar-refractivity contribution in [2.75, 3.05) is 18.6 Å². The molecule has 0 unspecified atom stereocenters. The summed E-state index contributed by atoms with van der Waals surface area (Å²) in [5.74, 6) is 0. The predicted octanol–water partition coefficient (Wildman–Crippen LogP) is 3.81. The topological polar surface area (TPSA) is 56.5 Å². The van der Waals surface area contributed by atoms with E-state index in [2.05, 4.69) is 47.9 Å². The smallest absolute Gasteiger partial charge is 0.0910 e. The maximum Gasteiger partial charge on any atom is 0.0910 e. The third kappa shape index (κ3) is 4.59. The fourth-order valence-electron chi connectivity index (χ4n) is 3.66. The molecule has 3 heterocycles. The first kappa shape index (κ1) is 21.4. The van der Waals surface area contributed by atoms with Gasteiger partial charge in [-0.3, -0.25) is 15.0 Å². The molecule has 2 aliphatic rings. The minimum atomic E-state index is 0.675. The number of aromatic nitrogens is 1. The number of nitrogens with zero attached hydrogens (tertiary/aromatic N) is 6. The van der Waals surface area contributed by atoms with E-state index in [-0.39, 0.29) is 0 Å². The van der Waals surface area contributed by atoms with Crippen LogP contribution in [0.5, 0.6) is 0 Å². The van der Waals surface area contributed by atoms with E-state index in [0.717, 1.165) is 56.8 Å². The second-order valence-electron chi connectivity index (χ2n) is 7.98. The summed E-state index contributed by atoms with van der Waals surface area (Å²) in [5, 5.41) is 15.3. The molecule has 0 atom stereocenters. The molecule has 2 aliphatic heterocycles. The van der Waals surface area contributed by atoms with Crippen LogP contribution in [0.25, 0.3) is 11.6 Å². The summed E-state index contributed by atoms with van der Waals surface area (Å²) in [7, 11) is 1.97. The van der Waals surface area contributed by atoms with Crippen LogP contribution in [-0.4, -0.2) is 35.0 Å².